The van der Waals surface area contributed by atoms with Crippen molar-refractivity contribution in [2.75, 3.05) is 19.6 Å². The quantitative estimate of drug-likeness (QED) is 0.816. The Kier molecular flexibility index (Phi) is 5.39. The smallest absolute Gasteiger partial charge is 0.273 e. The van der Waals surface area contributed by atoms with E-state index in [1.165, 1.54) is 23.9 Å². The number of nitrogens with zero attached hydrogens (tertiary/aromatic N) is 4. The van der Waals surface area contributed by atoms with Crippen molar-refractivity contribution < 1.29 is 9.59 Å². The second-order valence-corrected chi connectivity index (χ2v) is 8.02. The number of hydrogen-bond acceptors (Lipinski definition) is 4. The molecule has 1 aliphatic carbocycles. The minimum Gasteiger partial charge on any atom is -0.350 e. The molecule has 1 aliphatic heterocycles. The molecule has 138 valence electrons. The zero-order valence-electron chi connectivity index (χ0n) is 15.3. The van der Waals surface area contributed by atoms with Crippen LogP contribution in [-0.2, 0) is 11.3 Å². The Morgan fingerprint density at radius 2 is 1.96 bits per heavy atom. The van der Waals surface area contributed by atoms with Crippen LogP contribution in [0.5, 0.6) is 0 Å². The Labute approximate surface area is 149 Å². The van der Waals surface area contributed by atoms with Crippen LogP contribution in [0.4, 0.5) is 0 Å². The van der Waals surface area contributed by atoms with Gasteiger partial charge in [0.15, 0.2) is 5.69 Å². The van der Waals surface area contributed by atoms with Crippen molar-refractivity contribution >= 4 is 11.8 Å². The van der Waals surface area contributed by atoms with Gasteiger partial charge in [0, 0.05) is 19.6 Å². The van der Waals surface area contributed by atoms with Crippen molar-refractivity contribution in [2.45, 2.75) is 58.9 Å². The molecule has 2 fully saturated rings. The maximum atomic E-state index is 12.4. The van der Waals surface area contributed by atoms with Crippen LogP contribution in [0.2, 0.25) is 0 Å². The lowest BCUT2D eigenvalue weighted by atomic mass is 9.64. The molecule has 25 heavy (non-hydrogen) atoms. The van der Waals surface area contributed by atoms with E-state index in [0.29, 0.717) is 12.5 Å². The molecule has 1 aromatic rings. The molecule has 7 heteroatoms. The first-order valence-corrected chi connectivity index (χ1v) is 9.44. The number of carbonyl (C=O) groups excluding carboxylic acids is 2. The van der Waals surface area contributed by atoms with Gasteiger partial charge in [0.25, 0.3) is 5.91 Å². The molecule has 1 saturated carbocycles. The highest BCUT2D eigenvalue weighted by molar-refractivity contribution is 5.91. The summed E-state index contributed by atoms with van der Waals surface area (Å²) < 4.78 is 1.46. The average Bonchev–Trinajstić information content (AvgIpc) is 3.20. The van der Waals surface area contributed by atoms with E-state index in [-0.39, 0.29) is 29.5 Å². The number of carbonyl (C=O) groups is 2. The van der Waals surface area contributed by atoms with Crippen LogP contribution < -0.4 is 5.32 Å². The largest absolute Gasteiger partial charge is 0.350 e. The summed E-state index contributed by atoms with van der Waals surface area (Å²) in [5.41, 5.74) is 0.541. The molecule has 2 amide bonds. The predicted molar refractivity (Wildman–Crippen MR) is 93.9 cm³/mol. The lowest BCUT2D eigenvalue weighted by Crippen LogP contribution is -2.43. The van der Waals surface area contributed by atoms with Gasteiger partial charge in [0.1, 0.15) is 6.54 Å². The van der Waals surface area contributed by atoms with Crippen molar-refractivity contribution in [1.82, 2.24) is 25.2 Å². The third kappa shape index (κ3) is 4.38. The third-order valence-corrected chi connectivity index (χ3v) is 5.41. The summed E-state index contributed by atoms with van der Waals surface area (Å²) in [7, 11) is 0. The van der Waals surface area contributed by atoms with Gasteiger partial charge in [-0.2, -0.15) is 0 Å². The van der Waals surface area contributed by atoms with Gasteiger partial charge in [-0.15, -0.1) is 5.10 Å². The van der Waals surface area contributed by atoms with Crippen molar-refractivity contribution in [3.63, 3.8) is 0 Å². The van der Waals surface area contributed by atoms with Crippen LogP contribution in [-0.4, -0.2) is 51.3 Å². The minimum absolute atomic E-state index is 0.0414. The first-order chi connectivity index (χ1) is 12.0. The Morgan fingerprint density at radius 3 is 2.56 bits per heavy atom. The minimum atomic E-state index is -0.199. The van der Waals surface area contributed by atoms with Gasteiger partial charge in [-0.25, -0.2) is 4.68 Å². The lowest BCUT2D eigenvalue weighted by molar-refractivity contribution is -0.130. The standard InChI is InChI=1S/C18H29N5O2/c1-14(2)10-18(6-5-7-18)13-19-17(25)15-11-23(21-20-15)12-16(24)22-8-3-4-9-22/h11,14H,3-10,12-13H2,1-2H3,(H,19,25). The summed E-state index contributed by atoms with van der Waals surface area (Å²) in [6.45, 7) is 6.94. The number of aromatic nitrogens is 3. The molecule has 0 radical (unpaired) electrons. The molecular formula is C18H29N5O2. The molecule has 7 nitrogen and oxygen atoms in total. The van der Waals surface area contributed by atoms with Gasteiger partial charge in [-0.1, -0.05) is 25.5 Å². The highest BCUT2D eigenvalue weighted by Gasteiger charge is 2.37. The molecule has 0 spiro atoms. The number of nitrogens with one attached hydrogen (secondary N) is 1. The number of amides is 2. The molecule has 1 aromatic heterocycles. The number of likely N-dealkylation sites (tertiary alicyclic amines) is 1. The molecule has 1 saturated heterocycles. The van der Waals surface area contributed by atoms with Crippen molar-refractivity contribution in [3.05, 3.63) is 11.9 Å². The summed E-state index contributed by atoms with van der Waals surface area (Å²) in [6, 6.07) is 0. The Hall–Kier alpha value is -1.92. The van der Waals surface area contributed by atoms with Crippen LogP contribution >= 0.6 is 0 Å². The summed E-state index contributed by atoms with van der Waals surface area (Å²) in [5, 5.41) is 10.9. The van der Waals surface area contributed by atoms with E-state index in [1.54, 1.807) is 6.20 Å². The molecular weight excluding hydrogens is 318 g/mol. The van der Waals surface area contributed by atoms with Gasteiger partial charge < -0.3 is 10.2 Å². The molecule has 0 bridgehead atoms. The molecule has 2 heterocycles. The van der Waals surface area contributed by atoms with Crippen LogP contribution in [0, 0.1) is 11.3 Å². The number of hydrogen-bond donors (Lipinski definition) is 1. The topological polar surface area (TPSA) is 80.1 Å². The third-order valence-electron chi connectivity index (χ3n) is 5.41. The van der Waals surface area contributed by atoms with Gasteiger partial charge in [-0.3, -0.25) is 9.59 Å². The van der Waals surface area contributed by atoms with E-state index in [0.717, 1.165) is 32.4 Å². The van der Waals surface area contributed by atoms with Crippen LogP contribution in [0.3, 0.4) is 0 Å². The average molecular weight is 347 g/mol. The van der Waals surface area contributed by atoms with Gasteiger partial charge >= 0.3 is 0 Å². The first kappa shape index (κ1) is 17.9. The lowest BCUT2D eigenvalue weighted by Gasteiger charge is -2.43. The fourth-order valence-electron chi connectivity index (χ4n) is 4.04. The first-order valence-electron chi connectivity index (χ1n) is 9.44. The molecule has 2 aliphatic rings. The highest BCUT2D eigenvalue weighted by Crippen LogP contribution is 2.45. The van der Waals surface area contributed by atoms with Gasteiger partial charge in [0.05, 0.1) is 6.20 Å². The molecule has 3 rings (SSSR count). The molecule has 0 unspecified atom stereocenters. The van der Waals surface area contributed by atoms with E-state index >= 15 is 0 Å². The van der Waals surface area contributed by atoms with Gasteiger partial charge in [0.2, 0.25) is 5.91 Å². The van der Waals surface area contributed by atoms with Crippen LogP contribution in [0.1, 0.15) is 62.9 Å². The summed E-state index contributed by atoms with van der Waals surface area (Å²) in [6.07, 6.45) is 8.45. The van der Waals surface area contributed by atoms with Gasteiger partial charge in [-0.05, 0) is 43.4 Å². The Morgan fingerprint density at radius 1 is 1.24 bits per heavy atom. The zero-order valence-corrected chi connectivity index (χ0v) is 15.3. The van der Waals surface area contributed by atoms with Crippen molar-refractivity contribution in [2.24, 2.45) is 11.3 Å². The van der Waals surface area contributed by atoms with Crippen LogP contribution in [0.15, 0.2) is 6.20 Å². The van der Waals surface area contributed by atoms with E-state index in [1.807, 2.05) is 4.90 Å². The van der Waals surface area contributed by atoms with E-state index in [4.69, 9.17) is 0 Å². The maximum Gasteiger partial charge on any atom is 0.273 e. The SMILES string of the molecule is CC(C)CC1(CNC(=O)c2cn(CC(=O)N3CCCC3)nn2)CCC1. The Balaban J connectivity index is 1.51. The van der Waals surface area contributed by atoms with Crippen molar-refractivity contribution in [3.8, 4) is 0 Å². The fourth-order valence-corrected chi connectivity index (χ4v) is 4.04. The maximum absolute atomic E-state index is 12.4. The summed E-state index contributed by atoms with van der Waals surface area (Å²) >= 11 is 0. The molecule has 0 aromatic carbocycles. The second-order valence-electron chi connectivity index (χ2n) is 8.02. The van der Waals surface area contributed by atoms with E-state index in [2.05, 4.69) is 29.5 Å². The fraction of sp³-hybridized carbons (Fsp3) is 0.778. The van der Waals surface area contributed by atoms with Crippen molar-refractivity contribution in [1.29, 1.82) is 0 Å². The predicted octanol–water partition coefficient (Wildman–Crippen LogP) is 1.85. The van der Waals surface area contributed by atoms with E-state index in [9.17, 15) is 9.59 Å². The summed E-state index contributed by atoms with van der Waals surface area (Å²) in [4.78, 5) is 26.3. The zero-order chi connectivity index (χ0) is 17.9. The highest BCUT2D eigenvalue weighted by atomic mass is 16.2. The van der Waals surface area contributed by atoms with E-state index < -0.39 is 0 Å². The normalized spacial score (nSPS) is 19.1. The second kappa shape index (κ2) is 7.54. The number of rotatable bonds is 7. The molecule has 0 atom stereocenters. The monoisotopic (exact) mass is 347 g/mol. The van der Waals surface area contributed by atoms with Crippen LogP contribution in [0.25, 0.3) is 0 Å². The molecule has 1 N–H and O–H groups in total. The Bertz CT molecular complexity index is 615. The summed E-state index contributed by atoms with van der Waals surface area (Å²) in [5.74, 6) is 0.476.